The number of rotatable bonds is 5. The number of ketones is 1. The summed E-state index contributed by atoms with van der Waals surface area (Å²) in [6.07, 6.45) is 4.29. The van der Waals surface area contributed by atoms with Gasteiger partial charge in [-0.25, -0.2) is 0 Å². The molecule has 0 saturated heterocycles. The molecule has 1 N–H and O–H groups in total. The van der Waals surface area contributed by atoms with Gasteiger partial charge in [-0.3, -0.25) is 9.59 Å². The maximum atomic E-state index is 11.6. The Morgan fingerprint density at radius 3 is 2.55 bits per heavy atom. The van der Waals surface area contributed by atoms with Crippen LogP contribution in [0.25, 0.3) is 0 Å². The highest BCUT2D eigenvalue weighted by Crippen LogP contribution is 2.32. The van der Waals surface area contributed by atoms with Crippen LogP contribution in [-0.2, 0) is 14.3 Å². The highest BCUT2D eigenvalue weighted by molar-refractivity contribution is 5.91. The molecule has 0 atom stereocenters. The smallest absolute Gasteiger partial charge is 0.306 e. The average molecular weight is 281 g/mol. The molecule has 0 unspecified atom stereocenters. The largest absolute Gasteiger partial charge is 0.460 e. The minimum atomic E-state index is -0.424. The first-order valence-corrected chi connectivity index (χ1v) is 7.27. The van der Waals surface area contributed by atoms with Gasteiger partial charge in [-0.05, 0) is 39.0 Å². The lowest BCUT2D eigenvalue weighted by Crippen LogP contribution is -2.29. The Morgan fingerprint density at radius 2 is 2.00 bits per heavy atom. The molecule has 0 spiro atoms. The van der Waals surface area contributed by atoms with Crippen molar-refractivity contribution >= 4 is 11.8 Å². The zero-order chi connectivity index (χ0) is 15.4. The first kappa shape index (κ1) is 16.7. The fourth-order valence-electron chi connectivity index (χ4n) is 2.33. The van der Waals surface area contributed by atoms with E-state index in [1.54, 1.807) is 6.08 Å². The Balaban J connectivity index is 2.28. The predicted molar refractivity (Wildman–Crippen MR) is 79.2 cm³/mol. The minimum Gasteiger partial charge on any atom is -0.460 e. The standard InChI is InChI=1S/C16H27NO3/c1-15(2,3)20-14(19)7-6-8-17-12-9-13(18)11-16(4,5)10-12/h9,17H,6-8,10-11H2,1-5H3. The first-order valence-electron chi connectivity index (χ1n) is 7.27. The second kappa shape index (κ2) is 6.42. The second-order valence-corrected chi connectivity index (χ2v) is 7.27. The van der Waals surface area contributed by atoms with E-state index in [1.165, 1.54) is 0 Å². The zero-order valence-corrected chi connectivity index (χ0v) is 13.3. The Morgan fingerprint density at radius 1 is 1.35 bits per heavy atom. The highest BCUT2D eigenvalue weighted by atomic mass is 16.6. The summed E-state index contributed by atoms with van der Waals surface area (Å²) in [6.45, 7) is 10.5. The van der Waals surface area contributed by atoms with Crippen LogP contribution in [-0.4, -0.2) is 23.9 Å². The van der Waals surface area contributed by atoms with Crippen molar-refractivity contribution in [2.75, 3.05) is 6.54 Å². The van der Waals surface area contributed by atoms with Crippen LogP contribution in [0.1, 0.15) is 60.3 Å². The molecule has 1 rings (SSSR count). The molecule has 1 aliphatic carbocycles. The van der Waals surface area contributed by atoms with Crippen LogP contribution < -0.4 is 5.32 Å². The van der Waals surface area contributed by atoms with Crippen molar-refractivity contribution < 1.29 is 14.3 Å². The van der Waals surface area contributed by atoms with Crippen molar-refractivity contribution in [1.82, 2.24) is 5.32 Å². The molecule has 4 nitrogen and oxygen atoms in total. The van der Waals surface area contributed by atoms with Gasteiger partial charge in [-0.1, -0.05) is 13.8 Å². The van der Waals surface area contributed by atoms with E-state index in [-0.39, 0.29) is 17.2 Å². The summed E-state index contributed by atoms with van der Waals surface area (Å²) in [4.78, 5) is 23.1. The summed E-state index contributed by atoms with van der Waals surface area (Å²) < 4.78 is 5.24. The maximum Gasteiger partial charge on any atom is 0.306 e. The van der Waals surface area contributed by atoms with E-state index in [9.17, 15) is 9.59 Å². The van der Waals surface area contributed by atoms with Crippen molar-refractivity contribution in [1.29, 1.82) is 0 Å². The lowest BCUT2D eigenvalue weighted by atomic mass is 9.79. The topological polar surface area (TPSA) is 55.4 Å². The maximum absolute atomic E-state index is 11.6. The molecule has 0 radical (unpaired) electrons. The summed E-state index contributed by atoms with van der Waals surface area (Å²) in [6, 6.07) is 0. The van der Waals surface area contributed by atoms with Crippen molar-refractivity contribution in [3.63, 3.8) is 0 Å². The van der Waals surface area contributed by atoms with Gasteiger partial charge in [0.15, 0.2) is 5.78 Å². The first-order chi connectivity index (χ1) is 9.07. The van der Waals surface area contributed by atoms with Gasteiger partial charge in [0, 0.05) is 31.2 Å². The van der Waals surface area contributed by atoms with Gasteiger partial charge < -0.3 is 10.1 Å². The Kier molecular flexibility index (Phi) is 5.37. The highest BCUT2D eigenvalue weighted by Gasteiger charge is 2.27. The molecule has 0 amide bonds. The van der Waals surface area contributed by atoms with Crippen LogP contribution >= 0.6 is 0 Å². The lowest BCUT2D eigenvalue weighted by molar-refractivity contribution is -0.154. The predicted octanol–water partition coefficient (Wildman–Crippen LogP) is 2.97. The van der Waals surface area contributed by atoms with Crippen LogP contribution in [0.5, 0.6) is 0 Å². The SMILES string of the molecule is CC1(C)CC(=O)C=C(NCCCC(=O)OC(C)(C)C)C1. The molecule has 0 aromatic heterocycles. The molecule has 1 aliphatic rings. The van der Waals surface area contributed by atoms with Gasteiger partial charge in [-0.2, -0.15) is 0 Å². The van der Waals surface area contributed by atoms with Crippen LogP contribution in [0.3, 0.4) is 0 Å². The van der Waals surface area contributed by atoms with Crippen LogP contribution in [0, 0.1) is 5.41 Å². The van der Waals surface area contributed by atoms with Crippen molar-refractivity contribution in [3.8, 4) is 0 Å². The number of carbonyl (C=O) groups is 2. The van der Waals surface area contributed by atoms with Gasteiger partial charge in [0.05, 0.1) is 0 Å². The van der Waals surface area contributed by atoms with E-state index in [0.717, 1.165) is 12.1 Å². The van der Waals surface area contributed by atoms with Crippen molar-refractivity contribution in [2.24, 2.45) is 5.41 Å². The summed E-state index contributed by atoms with van der Waals surface area (Å²) >= 11 is 0. The molecule has 0 saturated carbocycles. The Labute approximate surface area is 122 Å². The molecular formula is C16H27NO3. The second-order valence-electron chi connectivity index (χ2n) is 7.27. The number of hydrogen-bond donors (Lipinski definition) is 1. The van der Waals surface area contributed by atoms with Gasteiger partial charge in [0.2, 0.25) is 0 Å². The molecule has 0 aromatic rings. The van der Waals surface area contributed by atoms with Crippen molar-refractivity contribution in [2.45, 2.75) is 65.9 Å². The van der Waals surface area contributed by atoms with Gasteiger partial charge in [0.1, 0.15) is 5.60 Å². The van der Waals surface area contributed by atoms with Crippen LogP contribution in [0.15, 0.2) is 11.8 Å². The summed E-state index contributed by atoms with van der Waals surface area (Å²) in [5, 5.41) is 3.26. The quantitative estimate of drug-likeness (QED) is 0.622. The van der Waals surface area contributed by atoms with E-state index in [1.807, 2.05) is 20.8 Å². The molecule has 0 aromatic carbocycles. The number of ether oxygens (including phenoxy) is 1. The monoisotopic (exact) mass is 281 g/mol. The molecular weight excluding hydrogens is 254 g/mol. The lowest BCUT2D eigenvalue weighted by Gasteiger charge is -2.29. The molecule has 0 fully saturated rings. The number of carbonyl (C=O) groups excluding carboxylic acids is 2. The molecule has 0 heterocycles. The van der Waals surface area contributed by atoms with E-state index in [0.29, 0.717) is 25.8 Å². The molecule has 114 valence electrons. The third-order valence-corrected chi connectivity index (χ3v) is 2.99. The van der Waals surface area contributed by atoms with E-state index < -0.39 is 5.60 Å². The third kappa shape index (κ3) is 6.73. The molecule has 4 heteroatoms. The number of hydrogen-bond acceptors (Lipinski definition) is 4. The average Bonchev–Trinajstić information content (AvgIpc) is 2.18. The normalized spacial score (nSPS) is 18.4. The third-order valence-electron chi connectivity index (χ3n) is 2.99. The molecule has 0 bridgehead atoms. The fourth-order valence-corrected chi connectivity index (χ4v) is 2.33. The summed E-state index contributed by atoms with van der Waals surface area (Å²) in [5.41, 5.74) is 0.585. The van der Waals surface area contributed by atoms with Gasteiger partial charge in [0.25, 0.3) is 0 Å². The zero-order valence-electron chi connectivity index (χ0n) is 13.3. The number of allylic oxidation sites excluding steroid dienone is 2. The van der Waals surface area contributed by atoms with Crippen LogP contribution in [0.2, 0.25) is 0 Å². The summed E-state index contributed by atoms with van der Waals surface area (Å²) in [7, 11) is 0. The minimum absolute atomic E-state index is 0.0271. The Bertz CT molecular complexity index is 402. The van der Waals surface area contributed by atoms with Gasteiger partial charge >= 0.3 is 5.97 Å². The molecule has 0 aliphatic heterocycles. The van der Waals surface area contributed by atoms with E-state index in [2.05, 4.69) is 19.2 Å². The van der Waals surface area contributed by atoms with Gasteiger partial charge in [-0.15, -0.1) is 0 Å². The van der Waals surface area contributed by atoms with E-state index in [4.69, 9.17) is 4.74 Å². The number of esters is 1. The number of nitrogens with one attached hydrogen (secondary N) is 1. The van der Waals surface area contributed by atoms with E-state index >= 15 is 0 Å². The van der Waals surface area contributed by atoms with Crippen molar-refractivity contribution in [3.05, 3.63) is 11.8 Å². The molecule has 20 heavy (non-hydrogen) atoms. The summed E-state index contributed by atoms with van der Waals surface area (Å²) in [5.74, 6) is 0.00391. The van der Waals surface area contributed by atoms with Crippen LogP contribution in [0.4, 0.5) is 0 Å². The fraction of sp³-hybridized carbons (Fsp3) is 0.750. The Hall–Kier alpha value is -1.32.